The summed E-state index contributed by atoms with van der Waals surface area (Å²) in [7, 11) is 0. The second-order valence-electron chi connectivity index (χ2n) is 3.94. The average Bonchev–Trinajstić information content (AvgIpc) is 2.96. The quantitative estimate of drug-likeness (QED) is 0.482. The molecule has 3 rings (SSSR count). The minimum Gasteiger partial charge on any atom is -0.135 e. The molecule has 3 aromatic rings. The maximum atomic E-state index is 3.82. The van der Waals surface area contributed by atoms with E-state index < -0.39 is 0 Å². The van der Waals surface area contributed by atoms with Crippen molar-refractivity contribution in [3.63, 3.8) is 0 Å². The van der Waals surface area contributed by atoms with Crippen LogP contribution in [0.5, 0.6) is 0 Å². The van der Waals surface area contributed by atoms with Gasteiger partial charge in [0.2, 0.25) is 0 Å². The number of benzene rings is 2. The molecule has 0 N–H and O–H groups in total. The van der Waals surface area contributed by atoms with E-state index in [1.54, 1.807) is 11.3 Å². The molecule has 0 nitrogen and oxygen atoms in total. The normalized spacial score (nSPS) is 8.86. The van der Waals surface area contributed by atoms with E-state index in [1.165, 1.54) is 20.5 Å². The smallest absolute Gasteiger partial charge is 0.0355 e. The van der Waals surface area contributed by atoms with Gasteiger partial charge < -0.3 is 0 Å². The van der Waals surface area contributed by atoms with Crippen LogP contribution in [0.3, 0.4) is 0 Å². The lowest BCUT2D eigenvalue weighted by atomic mass is 10.1. The van der Waals surface area contributed by atoms with Crippen molar-refractivity contribution in [2.45, 2.75) is 13.8 Å². The Morgan fingerprint density at radius 3 is 1.76 bits per heavy atom. The van der Waals surface area contributed by atoms with Crippen LogP contribution >= 0.6 is 11.3 Å². The van der Waals surface area contributed by atoms with Crippen LogP contribution in [0.1, 0.15) is 24.3 Å². The Morgan fingerprint density at radius 1 is 0.762 bits per heavy atom. The Kier molecular flexibility index (Phi) is 7.85. The van der Waals surface area contributed by atoms with Crippen LogP contribution < -0.4 is 0 Å². The molecule has 0 bridgehead atoms. The van der Waals surface area contributed by atoms with Crippen LogP contribution in [0.2, 0.25) is 0 Å². The van der Waals surface area contributed by atoms with Crippen molar-refractivity contribution in [2.75, 3.05) is 0 Å². The van der Waals surface area contributed by atoms with Gasteiger partial charge in [0, 0.05) is 15.0 Å². The van der Waals surface area contributed by atoms with E-state index in [1.807, 2.05) is 62.4 Å². The van der Waals surface area contributed by atoms with Crippen LogP contribution in [0.15, 0.2) is 73.8 Å². The Hall–Kier alpha value is -2.12. The lowest BCUT2D eigenvalue weighted by Crippen LogP contribution is -1.69. The van der Waals surface area contributed by atoms with Crippen molar-refractivity contribution in [3.8, 4) is 0 Å². The van der Waals surface area contributed by atoms with Gasteiger partial charge in [-0.05, 0) is 11.6 Å². The number of rotatable bonds is 2. The van der Waals surface area contributed by atoms with Gasteiger partial charge >= 0.3 is 0 Å². The molecule has 0 unspecified atom stereocenters. The van der Waals surface area contributed by atoms with Crippen molar-refractivity contribution in [1.29, 1.82) is 0 Å². The first-order valence-corrected chi connectivity index (χ1v) is 7.95. The zero-order chi connectivity index (χ0) is 15.5. The first kappa shape index (κ1) is 16.9. The molecule has 0 spiro atoms. The largest absolute Gasteiger partial charge is 0.135 e. The molecule has 0 saturated carbocycles. The molecule has 0 aliphatic carbocycles. The summed E-state index contributed by atoms with van der Waals surface area (Å²) >= 11 is 1.76. The molecule has 0 radical (unpaired) electrons. The van der Waals surface area contributed by atoms with E-state index in [0.717, 1.165) is 0 Å². The zero-order valence-corrected chi connectivity index (χ0v) is 13.6. The van der Waals surface area contributed by atoms with Gasteiger partial charge in [-0.15, -0.1) is 11.3 Å². The molecule has 0 amide bonds. The van der Waals surface area contributed by atoms with Crippen LogP contribution in [0.25, 0.3) is 22.2 Å². The van der Waals surface area contributed by atoms with E-state index in [9.17, 15) is 0 Å². The fourth-order valence-corrected chi connectivity index (χ4v) is 2.89. The predicted molar refractivity (Wildman–Crippen MR) is 99.8 cm³/mol. The highest BCUT2D eigenvalue weighted by atomic mass is 32.1. The van der Waals surface area contributed by atoms with Crippen molar-refractivity contribution in [1.82, 2.24) is 0 Å². The third-order valence-corrected chi connectivity index (χ3v) is 3.90. The average molecular weight is 294 g/mol. The van der Waals surface area contributed by atoms with Gasteiger partial charge in [-0.3, -0.25) is 0 Å². The molecule has 1 heterocycles. The Balaban J connectivity index is 0.000000231. The summed E-state index contributed by atoms with van der Waals surface area (Å²) < 4.78 is 1.30. The third kappa shape index (κ3) is 4.73. The maximum Gasteiger partial charge on any atom is 0.0355 e. The number of fused-ring (bicyclic) bond motifs is 1. The number of hydrogen-bond acceptors (Lipinski definition) is 1. The van der Waals surface area contributed by atoms with Crippen LogP contribution in [-0.4, -0.2) is 0 Å². The van der Waals surface area contributed by atoms with E-state index in [0.29, 0.717) is 0 Å². The van der Waals surface area contributed by atoms with Crippen molar-refractivity contribution < 1.29 is 0 Å². The monoisotopic (exact) mass is 294 g/mol. The second-order valence-corrected chi connectivity index (χ2v) is 5.02. The third-order valence-electron chi connectivity index (χ3n) is 2.72. The summed E-state index contributed by atoms with van der Waals surface area (Å²) in [5.74, 6) is 0. The van der Waals surface area contributed by atoms with Crippen molar-refractivity contribution >= 4 is 33.6 Å². The molecule has 0 aliphatic heterocycles. The van der Waals surface area contributed by atoms with Gasteiger partial charge in [0.25, 0.3) is 0 Å². The lowest BCUT2D eigenvalue weighted by Gasteiger charge is -1.90. The summed E-state index contributed by atoms with van der Waals surface area (Å²) in [4.78, 5) is 1.20. The van der Waals surface area contributed by atoms with Gasteiger partial charge in [0.05, 0.1) is 0 Å². The molecule has 1 heteroatoms. The Labute approximate surface area is 132 Å². The molecule has 0 atom stereocenters. The highest BCUT2D eigenvalue weighted by Gasteiger charge is 2.04. The van der Waals surface area contributed by atoms with Crippen LogP contribution in [0, 0.1) is 0 Å². The van der Waals surface area contributed by atoms with Crippen molar-refractivity contribution in [3.05, 3.63) is 84.3 Å². The summed E-state index contributed by atoms with van der Waals surface area (Å²) in [6.45, 7) is 11.6. The molecule has 0 fully saturated rings. The molecule has 21 heavy (non-hydrogen) atoms. The lowest BCUT2D eigenvalue weighted by molar-refractivity contribution is 1.50. The first-order valence-electron chi connectivity index (χ1n) is 7.13. The first-order chi connectivity index (χ1) is 10.4. The van der Waals surface area contributed by atoms with E-state index >= 15 is 0 Å². The Bertz CT molecular complexity index is 636. The molecule has 2 aromatic carbocycles. The number of thiophene rings is 1. The maximum absolute atomic E-state index is 3.82. The van der Waals surface area contributed by atoms with Crippen LogP contribution in [0.4, 0.5) is 0 Å². The summed E-state index contributed by atoms with van der Waals surface area (Å²) in [5, 5.41) is 1.28. The molecular formula is C20H22S. The summed E-state index contributed by atoms with van der Waals surface area (Å²) in [5.41, 5.74) is 1.20. The van der Waals surface area contributed by atoms with Gasteiger partial charge in [-0.2, -0.15) is 0 Å². The summed E-state index contributed by atoms with van der Waals surface area (Å²) in [6.07, 6.45) is 3.79. The van der Waals surface area contributed by atoms with Crippen molar-refractivity contribution in [2.24, 2.45) is 0 Å². The fraction of sp³-hybridized carbons (Fsp3) is 0.100. The minimum atomic E-state index is 1.20. The van der Waals surface area contributed by atoms with E-state index in [2.05, 4.69) is 37.4 Å². The van der Waals surface area contributed by atoms with Gasteiger partial charge in [-0.1, -0.05) is 93.8 Å². The molecule has 0 aliphatic rings. The molecule has 108 valence electrons. The molecule has 0 saturated heterocycles. The highest BCUT2D eigenvalue weighted by Crippen LogP contribution is 2.32. The highest BCUT2D eigenvalue weighted by molar-refractivity contribution is 7.20. The predicted octanol–water partition coefficient (Wildman–Crippen LogP) is 6.90. The molecular weight excluding hydrogens is 272 g/mol. The molecule has 1 aromatic heterocycles. The standard InChI is InChI=1S/C12H10S.C6H6.C2H6/c1-3-9-10-7-5-6-8-12(10)13-11(9)4-2;1-2-4-6-5-3-1;1-2/h3-8H,1-2H2;1-6H;1-2H3. The van der Waals surface area contributed by atoms with Gasteiger partial charge in [-0.25, -0.2) is 0 Å². The SMILES string of the molecule is C=Cc1sc2ccccc2c1C=C.CC.c1ccccc1. The Morgan fingerprint density at radius 2 is 1.29 bits per heavy atom. The number of hydrogen-bond donors (Lipinski definition) is 0. The fourth-order valence-electron chi connectivity index (χ4n) is 1.83. The van der Waals surface area contributed by atoms with Gasteiger partial charge in [0.15, 0.2) is 0 Å². The van der Waals surface area contributed by atoms with Gasteiger partial charge in [0.1, 0.15) is 0 Å². The topological polar surface area (TPSA) is 0 Å². The minimum absolute atomic E-state index is 1.20. The van der Waals surface area contributed by atoms with Crippen LogP contribution in [-0.2, 0) is 0 Å². The van der Waals surface area contributed by atoms with E-state index in [4.69, 9.17) is 0 Å². The zero-order valence-electron chi connectivity index (χ0n) is 12.8. The second kappa shape index (κ2) is 9.73. The van der Waals surface area contributed by atoms with E-state index in [-0.39, 0.29) is 0 Å². The summed E-state index contributed by atoms with van der Waals surface area (Å²) in [6, 6.07) is 20.4.